The quantitative estimate of drug-likeness (QED) is 0.782. The van der Waals surface area contributed by atoms with Gasteiger partial charge in [0.1, 0.15) is 11.5 Å². The van der Waals surface area contributed by atoms with Crippen LogP contribution in [-0.4, -0.2) is 26.7 Å². The summed E-state index contributed by atoms with van der Waals surface area (Å²) < 4.78 is 10.2. The van der Waals surface area contributed by atoms with Crippen LogP contribution in [0, 0.1) is 0 Å². The number of nitrogens with one attached hydrogen (secondary N) is 1. The van der Waals surface area contributed by atoms with Gasteiger partial charge in [-0.15, -0.1) is 0 Å². The van der Waals surface area contributed by atoms with Crippen LogP contribution in [0.1, 0.15) is 6.42 Å². The molecule has 5 heteroatoms. The lowest BCUT2D eigenvalue weighted by Gasteiger charge is -2.09. The summed E-state index contributed by atoms with van der Waals surface area (Å²) in [4.78, 5) is 11.3. The van der Waals surface area contributed by atoms with Gasteiger partial charge < -0.3 is 20.5 Å². The van der Waals surface area contributed by atoms with E-state index >= 15 is 0 Å². The molecule has 0 radical (unpaired) electrons. The fourth-order valence-electron chi connectivity index (χ4n) is 1.23. The molecule has 1 amide bonds. The van der Waals surface area contributed by atoms with Crippen LogP contribution in [0.25, 0.3) is 0 Å². The maximum atomic E-state index is 11.3. The number of benzene rings is 1. The minimum absolute atomic E-state index is 0.127. The molecule has 88 valence electrons. The van der Waals surface area contributed by atoms with E-state index in [1.165, 1.54) is 0 Å². The molecule has 0 aromatic heterocycles. The predicted octanol–water partition coefficient (Wildman–Crippen LogP) is 0.991. The molecule has 0 aliphatic rings. The molecule has 1 aromatic rings. The lowest BCUT2D eigenvalue weighted by Crippen LogP contribution is -2.16. The second-order valence-corrected chi connectivity index (χ2v) is 3.19. The molecule has 1 aromatic carbocycles. The minimum Gasteiger partial charge on any atom is -0.497 e. The number of methoxy groups -OCH3 is 2. The molecule has 0 bridgehead atoms. The maximum Gasteiger partial charge on any atom is 0.225 e. The lowest BCUT2D eigenvalue weighted by molar-refractivity contribution is -0.116. The van der Waals surface area contributed by atoms with E-state index in [-0.39, 0.29) is 5.91 Å². The Kier molecular flexibility index (Phi) is 4.60. The van der Waals surface area contributed by atoms with E-state index < -0.39 is 0 Å². The van der Waals surface area contributed by atoms with Crippen molar-refractivity contribution in [1.82, 2.24) is 0 Å². The van der Waals surface area contributed by atoms with Crippen molar-refractivity contribution in [2.24, 2.45) is 5.73 Å². The average Bonchev–Trinajstić information content (AvgIpc) is 2.28. The number of rotatable bonds is 5. The van der Waals surface area contributed by atoms with Crippen LogP contribution in [0.5, 0.6) is 11.5 Å². The Labute approximate surface area is 94.5 Å². The van der Waals surface area contributed by atoms with Crippen molar-refractivity contribution in [1.29, 1.82) is 0 Å². The zero-order valence-corrected chi connectivity index (χ0v) is 9.45. The molecular weight excluding hydrogens is 208 g/mol. The molecule has 0 saturated heterocycles. The Morgan fingerprint density at radius 3 is 2.25 bits per heavy atom. The summed E-state index contributed by atoms with van der Waals surface area (Å²) in [6.45, 7) is 0.326. The number of hydrogen-bond acceptors (Lipinski definition) is 4. The average molecular weight is 224 g/mol. The predicted molar refractivity (Wildman–Crippen MR) is 61.8 cm³/mol. The van der Waals surface area contributed by atoms with Gasteiger partial charge in [0.2, 0.25) is 5.91 Å². The van der Waals surface area contributed by atoms with E-state index in [4.69, 9.17) is 15.2 Å². The number of carbonyl (C=O) groups is 1. The number of carbonyl (C=O) groups excluding carboxylic acids is 1. The van der Waals surface area contributed by atoms with Crippen LogP contribution in [0.2, 0.25) is 0 Å². The zero-order chi connectivity index (χ0) is 12.0. The van der Waals surface area contributed by atoms with E-state index in [0.29, 0.717) is 30.2 Å². The second-order valence-electron chi connectivity index (χ2n) is 3.19. The van der Waals surface area contributed by atoms with Gasteiger partial charge in [-0.1, -0.05) is 0 Å². The largest absolute Gasteiger partial charge is 0.497 e. The summed E-state index contributed by atoms with van der Waals surface area (Å²) in [7, 11) is 3.11. The van der Waals surface area contributed by atoms with E-state index in [1.807, 2.05) is 0 Å². The summed E-state index contributed by atoms with van der Waals surface area (Å²) in [5.74, 6) is 1.13. The number of hydrogen-bond donors (Lipinski definition) is 2. The third-order valence-electron chi connectivity index (χ3n) is 2.01. The number of nitrogens with two attached hydrogens (primary N) is 1. The van der Waals surface area contributed by atoms with Gasteiger partial charge >= 0.3 is 0 Å². The molecule has 0 spiro atoms. The second kappa shape index (κ2) is 5.97. The van der Waals surface area contributed by atoms with Gasteiger partial charge in [0.25, 0.3) is 0 Å². The molecule has 0 aliphatic carbocycles. The lowest BCUT2D eigenvalue weighted by atomic mass is 10.2. The van der Waals surface area contributed by atoms with Gasteiger partial charge in [0, 0.05) is 36.9 Å². The van der Waals surface area contributed by atoms with Gasteiger partial charge in [-0.25, -0.2) is 0 Å². The van der Waals surface area contributed by atoms with Gasteiger partial charge in [0.15, 0.2) is 0 Å². The highest BCUT2D eigenvalue weighted by molar-refractivity contribution is 5.91. The smallest absolute Gasteiger partial charge is 0.225 e. The molecule has 0 saturated carbocycles. The van der Waals surface area contributed by atoms with Gasteiger partial charge in [-0.05, 0) is 0 Å². The third kappa shape index (κ3) is 3.43. The Hall–Kier alpha value is -1.75. The number of ether oxygens (including phenoxy) is 2. The van der Waals surface area contributed by atoms with Crippen LogP contribution in [0.4, 0.5) is 5.69 Å². The van der Waals surface area contributed by atoms with E-state index in [9.17, 15) is 4.79 Å². The van der Waals surface area contributed by atoms with Crippen molar-refractivity contribution in [3.63, 3.8) is 0 Å². The first-order valence-corrected chi connectivity index (χ1v) is 4.92. The summed E-state index contributed by atoms with van der Waals surface area (Å²) in [6, 6.07) is 5.17. The molecule has 0 fully saturated rings. The van der Waals surface area contributed by atoms with Crippen LogP contribution in [-0.2, 0) is 4.79 Å². The highest BCUT2D eigenvalue weighted by Gasteiger charge is 2.05. The molecule has 5 nitrogen and oxygen atoms in total. The van der Waals surface area contributed by atoms with Crippen LogP contribution >= 0.6 is 0 Å². The van der Waals surface area contributed by atoms with Gasteiger partial charge in [0.05, 0.1) is 14.2 Å². The Balaban J connectivity index is 2.82. The first-order valence-electron chi connectivity index (χ1n) is 4.92. The standard InChI is InChI=1S/C11H16N2O3/c1-15-9-5-8(6-10(7-9)16-2)13-11(14)3-4-12/h5-7H,3-4,12H2,1-2H3,(H,13,14). The zero-order valence-electron chi connectivity index (χ0n) is 9.45. The molecule has 0 heterocycles. The van der Waals surface area contributed by atoms with E-state index in [1.54, 1.807) is 32.4 Å². The van der Waals surface area contributed by atoms with Crippen LogP contribution < -0.4 is 20.5 Å². The summed E-state index contributed by atoms with van der Waals surface area (Å²) in [5, 5.41) is 2.71. The normalized spacial score (nSPS) is 9.69. The summed E-state index contributed by atoms with van der Waals surface area (Å²) in [5.41, 5.74) is 5.92. The van der Waals surface area contributed by atoms with E-state index in [0.717, 1.165) is 0 Å². The van der Waals surface area contributed by atoms with Crippen molar-refractivity contribution in [3.8, 4) is 11.5 Å². The monoisotopic (exact) mass is 224 g/mol. The summed E-state index contributed by atoms with van der Waals surface area (Å²) >= 11 is 0. The molecular formula is C11H16N2O3. The molecule has 1 rings (SSSR count). The van der Waals surface area contributed by atoms with E-state index in [2.05, 4.69) is 5.32 Å². The molecule has 0 atom stereocenters. The molecule has 0 unspecified atom stereocenters. The minimum atomic E-state index is -0.127. The SMILES string of the molecule is COc1cc(NC(=O)CCN)cc(OC)c1. The van der Waals surface area contributed by atoms with Crippen molar-refractivity contribution < 1.29 is 14.3 Å². The Morgan fingerprint density at radius 1 is 1.25 bits per heavy atom. The van der Waals surface area contributed by atoms with Crippen molar-refractivity contribution in [3.05, 3.63) is 18.2 Å². The molecule has 3 N–H and O–H groups in total. The Bertz CT molecular complexity index is 344. The topological polar surface area (TPSA) is 73.6 Å². The van der Waals surface area contributed by atoms with Crippen molar-refractivity contribution in [2.75, 3.05) is 26.1 Å². The maximum absolute atomic E-state index is 11.3. The Morgan fingerprint density at radius 2 is 1.81 bits per heavy atom. The molecule has 16 heavy (non-hydrogen) atoms. The van der Waals surface area contributed by atoms with Crippen LogP contribution in [0.15, 0.2) is 18.2 Å². The number of amides is 1. The van der Waals surface area contributed by atoms with Gasteiger partial charge in [-0.3, -0.25) is 4.79 Å². The first-order chi connectivity index (χ1) is 7.69. The van der Waals surface area contributed by atoms with Crippen molar-refractivity contribution in [2.45, 2.75) is 6.42 Å². The highest BCUT2D eigenvalue weighted by Crippen LogP contribution is 2.25. The van der Waals surface area contributed by atoms with Crippen LogP contribution in [0.3, 0.4) is 0 Å². The molecule has 0 aliphatic heterocycles. The highest BCUT2D eigenvalue weighted by atomic mass is 16.5. The summed E-state index contributed by atoms with van der Waals surface area (Å²) in [6.07, 6.45) is 0.291. The third-order valence-corrected chi connectivity index (χ3v) is 2.01. The fraction of sp³-hybridized carbons (Fsp3) is 0.364. The number of anilines is 1. The fourth-order valence-corrected chi connectivity index (χ4v) is 1.23. The van der Waals surface area contributed by atoms with Crippen molar-refractivity contribution >= 4 is 11.6 Å². The van der Waals surface area contributed by atoms with Gasteiger partial charge in [-0.2, -0.15) is 0 Å². The first kappa shape index (κ1) is 12.3.